The smallest absolute Gasteiger partial charge is 0.433 e. The molecule has 1 aromatic rings. The van der Waals surface area contributed by atoms with Crippen LogP contribution in [0.4, 0.5) is 33.7 Å². The number of carbonyl (C=O) groups excluding carboxylic acids is 1. The lowest BCUT2D eigenvalue weighted by Crippen LogP contribution is -2.64. The summed E-state index contributed by atoms with van der Waals surface area (Å²) < 4.78 is 66.6. The van der Waals surface area contributed by atoms with E-state index in [0.29, 0.717) is 6.07 Å². The molecule has 1 saturated carbocycles. The number of fused-ring (bicyclic) bond motifs is 1. The number of aliphatic carboxylic acids is 1. The number of aromatic nitrogens is 2. The van der Waals surface area contributed by atoms with Gasteiger partial charge < -0.3 is 10.0 Å². The van der Waals surface area contributed by atoms with E-state index in [1.165, 1.54) is 0 Å². The summed E-state index contributed by atoms with van der Waals surface area (Å²) in [6, 6.07) is -0.757. The van der Waals surface area contributed by atoms with Gasteiger partial charge in [-0.1, -0.05) is 0 Å². The normalized spacial score (nSPS) is 30.9. The zero-order valence-electron chi connectivity index (χ0n) is 14.5. The second-order valence-corrected chi connectivity index (χ2v) is 7.37. The number of piperidine rings is 1. The first-order valence-electron chi connectivity index (χ1n) is 8.54. The first-order chi connectivity index (χ1) is 12.9. The highest BCUT2D eigenvalue weighted by atomic mass is 19.4. The maximum Gasteiger partial charge on any atom is 0.433 e. The molecule has 4 atom stereocenters. The maximum absolute atomic E-state index is 13.4. The molecule has 2 saturated heterocycles. The van der Waals surface area contributed by atoms with E-state index < -0.39 is 54.1 Å². The molecule has 1 N–H and O–H groups in total. The number of carboxylic acid groups (broad SMARTS) is 1. The van der Waals surface area contributed by atoms with Gasteiger partial charge in [0.1, 0.15) is 5.82 Å². The molecular weight excluding hydrogens is 391 g/mol. The van der Waals surface area contributed by atoms with E-state index >= 15 is 0 Å². The minimum Gasteiger partial charge on any atom is -0.481 e. The predicted octanol–water partition coefficient (Wildman–Crippen LogP) is 2.02. The van der Waals surface area contributed by atoms with Crippen LogP contribution in [0.5, 0.6) is 0 Å². The van der Waals surface area contributed by atoms with Gasteiger partial charge in [-0.2, -0.15) is 18.2 Å². The van der Waals surface area contributed by atoms with Crippen LogP contribution in [-0.4, -0.2) is 52.0 Å². The Bertz CT molecular complexity index is 861. The highest BCUT2D eigenvalue weighted by Gasteiger charge is 2.62. The van der Waals surface area contributed by atoms with Crippen molar-refractivity contribution in [3.8, 4) is 0 Å². The fourth-order valence-electron chi connectivity index (χ4n) is 3.92. The zero-order chi connectivity index (χ0) is 20.6. The van der Waals surface area contributed by atoms with E-state index in [2.05, 4.69) is 9.97 Å². The van der Waals surface area contributed by atoms with Gasteiger partial charge >= 0.3 is 12.1 Å². The monoisotopic (exact) mass is 406 g/mol. The topological polar surface area (TPSA) is 86.6 Å². The summed E-state index contributed by atoms with van der Waals surface area (Å²) in [5, 5.41) is 8.84. The molecule has 4 rings (SSSR count). The summed E-state index contributed by atoms with van der Waals surface area (Å²) >= 11 is 0. The third-order valence-electron chi connectivity index (χ3n) is 5.67. The summed E-state index contributed by atoms with van der Waals surface area (Å²) in [6.07, 6.45) is -5.03. The zero-order valence-corrected chi connectivity index (χ0v) is 14.5. The Balaban J connectivity index is 1.62. The second kappa shape index (κ2) is 5.74. The Morgan fingerprint density at radius 3 is 2.50 bits per heavy atom. The third-order valence-corrected chi connectivity index (χ3v) is 5.67. The van der Waals surface area contributed by atoms with E-state index in [0.717, 1.165) is 16.7 Å². The van der Waals surface area contributed by atoms with Crippen LogP contribution < -0.4 is 9.80 Å². The first kappa shape index (κ1) is 18.8. The molecule has 0 spiro atoms. The van der Waals surface area contributed by atoms with Crippen molar-refractivity contribution in [1.82, 2.24) is 9.97 Å². The maximum atomic E-state index is 13.4. The van der Waals surface area contributed by atoms with Gasteiger partial charge in [0.2, 0.25) is 11.9 Å². The predicted molar refractivity (Wildman–Crippen MR) is 83.9 cm³/mol. The second-order valence-electron chi connectivity index (χ2n) is 7.37. The van der Waals surface area contributed by atoms with E-state index in [1.807, 2.05) is 0 Å². The molecular formula is C16H15F5N4O3. The number of alkyl halides is 5. The van der Waals surface area contributed by atoms with Crippen LogP contribution in [-0.2, 0) is 15.8 Å². The molecule has 1 aliphatic carbocycles. The van der Waals surface area contributed by atoms with Crippen LogP contribution in [0.2, 0.25) is 0 Å². The lowest BCUT2D eigenvalue weighted by Gasteiger charge is -2.45. The van der Waals surface area contributed by atoms with Crippen molar-refractivity contribution in [2.75, 3.05) is 22.9 Å². The molecule has 0 aromatic carbocycles. The van der Waals surface area contributed by atoms with Crippen LogP contribution in [0.15, 0.2) is 6.07 Å². The average Bonchev–Trinajstić information content (AvgIpc) is 3.13. The molecule has 7 nitrogen and oxygen atoms in total. The molecule has 28 heavy (non-hydrogen) atoms. The quantitative estimate of drug-likeness (QED) is 0.770. The minimum atomic E-state index is -4.85. The average molecular weight is 406 g/mol. The van der Waals surface area contributed by atoms with Crippen molar-refractivity contribution in [1.29, 1.82) is 0 Å². The Morgan fingerprint density at radius 1 is 1.36 bits per heavy atom. The van der Waals surface area contributed by atoms with Crippen LogP contribution in [0.1, 0.15) is 19.0 Å². The highest BCUT2D eigenvalue weighted by Crippen LogP contribution is 2.55. The Hall–Kier alpha value is -2.53. The molecule has 3 aliphatic rings. The summed E-state index contributed by atoms with van der Waals surface area (Å²) in [5.74, 6) is -6.60. The molecule has 152 valence electrons. The van der Waals surface area contributed by atoms with Gasteiger partial charge in [0.15, 0.2) is 5.69 Å². The number of hydrogen-bond donors (Lipinski definition) is 1. The van der Waals surface area contributed by atoms with E-state index in [-0.39, 0.29) is 30.6 Å². The fourth-order valence-corrected chi connectivity index (χ4v) is 3.92. The van der Waals surface area contributed by atoms with Crippen LogP contribution in [0, 0.1) is 17.8 Å². The van der Waals surface area contributed by atoms with Crippen molar-refractivity contribution < 1.29 is 36.6 Å². The summed E-state index contributed by atoms with van der Waals surface area (Å²) in [6.45, 7) is 0.384. The van der Waals surface area contributed by atoms with Crippen LogP contribution in [0.25, 0.3) is 0 Å². The molecule has 0 bridgehead atoms. The molecule has 1 amide bonds. The highest BCUT2D eigenvalue weighted by molar-refractivity contribution is 6.00. The Kier molecular flexibility index (Phi) is 3.86. The SMILES string of the molecule is C[C@H]1N(c2nc(N3CC4C(CC(=O)O)C4C3=O)cc(C(F)(F)F)n2)CC1(F)F. The van der Waals surface area contributed by atoms with E-state index in [1.54, 1.807) is 0 Å². The number of rotatable bonds is 4. The minimum absolute atomic E-state index is 0.0426. The van der Waals surface area contributed by atoms with Gasteiger partial charge in [-0.3, -0.25) is 14.5 Å². The molecule has 0 radical (unpaired) electrons. The summed E-state index contributed by atoms with van der Waals surface area (Å²) in [7, 11) is 0. The molecule has 2 aliphatic heterocycles. The van der Waals surface area contributed by atoms with Crippen molar-refractivity contribution in [3.63, 3.8) is 0 Å². The van der Waals surface area contributed by atoms with Gasteiger partial charge in [0, 0.05) is 24.9 Å². The largest absolute Gasteiger partial charge is 0.481 e. The molecule has 3 heterocycles. The van der Waals surface area contributed by atoms with Gasteiger partial charge in [-0.05, 0) is 18.8 Å². The molecule has 1 aromatic heterocycles. The summed E-state index contributed by atoms with van der Waals surface area (Å²) in [5.41, 5.74) is -1.33. The number of anilines is 2. The first-order valence-corrected chi connectivity index (χ1v) is 8.54. The number of nitrogens with zero attached hydrogens (tertiary/aromatic N) is 4. The number of carboxylic acids is 1. The Morgan fingerprint density at radius 2 is 2.04 bits per heavy atom. The van der Waals surface area contributed by atoms with Crippen molar-refractivity contribution in [2.24, 2.45) is 17.8 Å². The standard InChI is InChI=1S/C16H15F5N4O3/c1-6-15(17,18)5-25(6)14-22-9(16(19,20)21)3-10(23-14)24-4-8-7(2-11(26)27)12(8)13(24)28/h3,6-8,12H,2,4-5H2,1H3,(H,26,27)/t6-,7?,8?,12?/m1/s1. The lowest BCUT2D eigenvalue weighted by molar-refractivity contribution is -0.141. The molecule has 3 unspecified atom stereocenters. The fraction of sp³-hybridized carbons (Fsp3) is 0.625. The van der Waals surface area contributed by atoms with Crippen LogP contribution >= 0.6 is 0 Å². The van der Waals surface area contributed by atoms with Crippen LogP contribution in [0.3, 0.4) is 0 Å². The van der Waals surface area contributed by atoms with Gasteiger partial charge in [-0.25, -0.2) is 13.8 Å². The van der Waals surface area contributed by atoms with Crippen molar-refractivity contribution in [3.05, 3.63) is 11.8 Å². The number of carbonyl (C=O) groups is 2. The lowest BCUT2D eigenvalue weighted by atomic mass is 10.0. The van der Waals surface area contributed by atoms with Crippen molar-refractivity contribution >= 4 is 23.6 Å². The molecule has 12 heteroatoms. The van der Waals surface area contributed by atoms with Gasteiger partial charge in [0.25, 0.3) is 5.92 Å². The third kappa shape index (κ3) is 2.85. The van der Waals surface area contributed by atoms with E-state index in [4.69, 9.17) is 5.11 Å². The van der Waals surface area contributed by atoms with Crippen molar-refractivity contribution in [2.45, 2.75) is 31.5 Å². The number of hydrogen-bond acceptors (Lipinski definition) is 5. The van der Waals surface area contributed by atoms with Gasteiger partial charge in [-0.15, -0.1) is 0 Å². The Labute approximate surface area is 155 Å². The van der Waals surface area contributed by atoms with E-state index in [9.17, 15) is 31.5 Å². The number of halogens is 5. The summed E-state index contributed by atoms with van der Waals surface area (Å²) in [4.78, 5) is 32.6. The number of amides is 1. The molecule has 3 fully saturated rings. The van der Waals surface area contributed by atoms with Gasteiger partial charge in [0.05, 0.1) is 12.6 Å².